The minimum atomic E-state index is -2.18. The molecule has 0 aliphatic heterocycles. The van der Waals surface area contributed by atoms with Crippen LogP contribution in [0.4, 0.5) is 0 Å². The number of carbonyl (C=O) groups excluding carboxylic acids is 2. The molecule has 78 valence electrons. The Kier molecular flexibility index (Phi) is 3.36. The fourth-order valence-electron chi connectivity index (χ4n) is 0.371. The third kappa shape index (κ3) is 2.31. The van der Waals surface area contributed by atoms with Gasteiger partial charge in [-0.3, -0.25) is 13.9 Å². The van der Waals surface area contributed by atoms with Crippen LogP contribution in [0.25, 0.3) is 0 Å². The summed E-state index contributed by atoms with van der Waals surface area (Å²) in [5.74, 6) is -4.05. The Morgan fingerprint density at radius 3 is 2.00 bits per heavy atom. The lowest BCUT2D eigenvalue weighted by atomic mass is 10.7. The monoisotopic (exact) mass is 208 g/mol. The zero-order chi connectivity index (χ0) is 10.0. The molecule has 10 heteroatoms. The van der Waals surface area contributed by atoms with Crippen molar-refractivity contribution in [2.75, 3.05) is 0 Å². The number of carboxylic acid groups (broad SMARTS) is 1. The predicted molar refractivity (Wildman–Crippen MR) is 34.1 cm³/mol. The average molecular weight is 208 g/mol. The fraction of sp³-hybridized carbons (Fsp3) is 0. The SMILES string of the molecule is O=C([O-])C(=O)On1oc(=O)c(=O)o1.[NH4+]. The molecule has 1 aromatic rings. The second-order valence-electron chi connectivity index (χ2n) is 1.65. The van der Waals surface area contributed by atoms with E-state index in [9.17, 15) is 24.3 Å². The molecule has 0 saturated heterocycles. The molecule has 0 unspecified atom stereocenters. The molecule has 1 rings (SSSR count). The summed E-state index contributed by atoms with van der Waals surface area (Å²) in [5, 5.41) is 9.43. The van der Waals surface area contributed by atoms with E-state index in [1.165, 1.54) is 0 Å². The summed E-state index contributed by atoms with van der Waals surface area (Å²) in [4.78, 5) is 44.1. The molecular formula is C4H4N2O8. The van der Waals surface area contributed by atoms with Crippen LogP contribution in [0.2, 0.25) is 0 Å². The topological polar surface area (TPSA) is 168 Å². The quantitative estimate of drug-likeness (QED) is 0.462. The number of rotatable bonds is 1. The molecule has 0 radical (unpaired) electrons. The largest absolute Gasteiger partial charge is 0.539 e. The summed E-state index contributed by atoms with van der Waals surface area (Å²) in [5.41, 5.74) is -2.88. The molecule has 0 saturated carbocycles. The molecule has 14 heavy (non-hydrogen) atoms. The van der Waals surface area contributed by atoms with Crippen molar-refractivity contribution in [2.24, 2.45) is 0 Å². The van der Waals surface area contributed by atoms with Crippen molar-refractivity contribution in [1.82, 2.24) is 11.2 Å². The van der Waals surface area contributed by atoms with Crippen molar-refractivity contribution in [3.05, 3.63) is 20.8 Å². The van der Waals surface area contributed by atoms with Gasteiger partial charge in [0.15, 0.2) is 11.0 Å². The molecule has 0 aromatic carbocycles. The van der Waals surface area contributed by atoms with Crippen molar-refractivity contribution >= 4 is 11.9 Å². The summed E-state index contributed by atoms with van der Waals surface area (Å²) in [6.45, 7) is 0. The van der Waals surface area contributed by atoms with Gasteiger partial charge >= 0.3 is 17.2 Å². The van der Waals surface area contributed by atoms with Gasteiger partial charge in [-0.25, -0.2) is 14.4 Å². The Hall–Kier alpha value is -2.36. The van der Waals surface area contributed by atoms with Gasteiger partial charge in [0, 0.05) is 0 Å². The van der Waals surface area contributed by atoms with E-state index in [4.69, 9.17) is 0 Å². The normalized spacial score (nSPS) is 8.86. The number of carbonyl (C=O) groups is 2. The Bertz CT molecular complexity index is 421. The summed E-state index contributed by atoms with van der Waals surface area (Å²) in [7, 11) is 0. The van der Waals surface area contributed by atoms with Crippen LogP contribution >= 0.6 is 0 Å². The van der Waals surface area contributed by atoms with Crippen molar-refractivity contribution < 1.29 is 28.6 Å². The van der Waals surface area contributed by atoms with Gasteiger partial charge in [-0.15, -0.1) is 0 Å². The number of quaternary nitrogens is 1. The smallest absolute Gasteiger partial charge is 0.449 e. The maximum Gasteiger partial charge on any atom is 0.449 e. The predicted octanol–water partition coefficient (Wildman–Crippen LogP) is -3.52. The maximum atomic E-state index is 10.2. The van der Waals surface area contributed by atoms with Crippen LogP contribution in [-0.4, -0.2) is 17.0 Å². The number of hydrogen-bond acceptors (Lipinski definition) is 8. The second kappa shape index (κ2) is 4.04. The number of nitrogens with zero attached hydrogens (tertiary/aromatic N) is 1. The Labute approximate surface area is 73.7 Å². The molecule has 10 nitrogen and oxygen atoms in total. The van der Waals surface area contributed by atoms with E-state index in [0.717, 1.165) is 0 Å². The van der Waals surface area contributed by atoms with Crippen LogP contribution in [0, 0.1) is 0 Å². The summed E-state index contributed by atoms with van der Waals surface area (Å²) in [6.07, 6.45) is 0. The number of carboxylic acids is 1. The minimum absolute atomic E-state index is 0. The van der Waals surface area contributed by atoms with Gasteiger partial charge in [0.1, 0.15) is 0 Å². The van der Waals surface area contributed by atoms with Crippen molar-refractivity contribution in [1.29, 1.82) is 0 Å². The minimum Gasteiger partial charge on any atom is -0.539 e. The Balaban J connectivity index is 0.00000169. The zero-order valence-electron chi connectivity index (χ0n) is 6.71. The summed E-state index contributed by atoms with van der Waals surface area (Å²) >= 11 is 0. The van der Waals surface area contributed by atoms with Crippen LogP contribution in [0.5, 0.6) is 0 Å². The summed E-state index contributed by atoms with van der Waals surface area (Å²) in [6, 6.07) is 0. The van der Waals surface area contributed by atoms with Gasteiger partial charge in [-0.2, -0.15) is 0 Å². The third-order valence-corrected chi connectivity index (χ3v) is 0.806. The van der Waals surface area contributed by atoms with Crippen LogP contribution in [0.15, 0.2) is 18.6 Å². The fourth-order valence-corrected chi connectivity index (χ4v) is 0.371. The number of hydrogen-bond donors (Lipinski definition) is 1. The molecule has 1 heterocycles. The first-order chi connectivity index (χ1) is 6.00. The molecule has 0 fully saturated rings. The maximum absolute atomic E-state index is 10.2. The Morgan fingerprint density at radius 2 is 1.64 bits per heavy atom. The number of aromatic nitrogens is 1. The lowest BCUT2D eigenvalue weighted by molar-refractivity contribution is -0.306. The molecular weight excluding hydrogens is 204 g/mol. The van der Waals surface area contributed by atoms with Gasteiger partial charge in [-0.05, 0) is 0 Å². The molecule has 4 N–H and O–H groups in total. The first-order valence-electron chi connectivity index (χ1n) is 2.68. The zero-order valence-corrected chi connectivity index (χ0v) is 6.71. The van der Waals surface area contributed by atoms with E-state index in [-0.39, 0.29) is 11.2 Å². The van der Waals surface area contributed by atoms with Gasteiger partial charge in [0.25, 0.3) is 0 Å². The van der Waals surface area contributed by atoms with Crippen LogP contribution < -0.4 is 27.3 Å². The van der Waals surface area contributed by atoms with E-state index >= 15 is 0 Å². The van der Waals surface area contributed by atoms with Gasteiger partial charge in [0.2, 0.25) is 0 Å². The highest BCUT2D eigenvalue weighted by atomic mass is 17.0. The van der Waals surface area contributed by atoms with E-state index in [1.807, 2.05) is 0 Å². The highest BCUT2D eigenvalue weighted by Crippen LogP contribution is 1.74. The lowest BCUT2D eigenvalue weighted by Crippen LogP contribution is -2.38. The molecule has 0 aliphatic carbocycles. The standard InChI is InChI=1S/C4HNO8.H3N/c6-1(7)2(8)11-5-12-3(9)4(10)13-5;/h(H,6,7);1H3. The van der Waals surface area contributed by atoms with Crippen molar-refractivity contribution in [3.63, 3.8) is 0 Å². The first-order valence-corrected chi connectivity index (χ1v) is 2.68. The van der Waals surface area contributed by atoms with E-state index in [1.54, 1.807) is 0 Å². The number of aliphatic carboxylic acids is 1. The van der Waals surface area contributed by atoms with E-state index < -0.39 is 23.2 Å². The van der Waals surface area contributed by atoms with Crippen LogP contribution in [0.3, 0.4) is 0 Å². The van der Waals surface area contributed by atoms with Gasteiger partial charge in [-0.1, -0.05) is 0 Å². The van der Waals surface area contributed by atoms with Crippen LogP contribution in [0.1, 0.15) is 0 Å². The van der Waals surface area contributed by atoms with Crippen molar-refractivity contribution in [2.45, 2.75) is 0 Å². The molecule has 0 amide bonds. The van der Waals surface area contributed by atoms with Crippen LogP contribution in [-0.2, 0) is 9.59 Å². The second-order valence-corrected chi connectivity index (χ2v) is 1.65. The lowest BCUT2D eigenvalue weighted by Gasteiger charge is -1.97. The van der Waals surface area contributed by atoms with E-state index in [0.29, 0.717) is 0 Å². The van der Waals surface area contributed by atoms with Gasteiger partial charge in [0.05, 0.1) is 0 Å². The molecule has 0 bridgehead atoms. The molecule has 0 atom stereocenters. The highest BCUT2D eigenvalue weighted by Gasteiger charge is 2.11. The molecule has 1 aromatic heterocycles. The molecule has 0 spiro atoms. The van der Waals surface area contributed by atoms with E-state index in [2.05, 4.69) is 13.9 Å². The average Bonchev–Trinajstić information content (AvgIpc) is 2.31. The third-order valence-electron chi connectivity index (χ3n) is 0.806. The Morgan fingerprint density at radius 1 is 1.21 bits per heavy atom. The van der Waals surface area contributed by atoms with Gasteiger partial charge < -0.3 is 16.1 Å². The van der Waals surface area contributed by atoms with Crippen molar-refractivity contribution in [3.8, 4) is 0 Å². The highest BCUT2D eigenvalue weighted by molar-refractivity contribution is 6.27. The summed E-state index contributed by atoms with van der Waals surface area (Å²) < 4.78 is 7.57. The molecule has 0 aliphatic rings. The first kappa shape index (κ1) is 11.6.